The number of aromatic nitrogens is 2. The monoisotopic (exact) mass is 299 g/mol. The molecule has 5 nitrogen and oxygen atoms in total. The van der Waals surface area contributed by atoms with E-state index in [1.807, 2.05) is 30.3 Å². The highest BCUT2D eigenvalue weighted by Gasteiger charge is 2.14. The summed E-state index contributed by atoms with van der Waals surface area (Å²) in [6.45, 7) is 0. The van der Waals surface area contributed by atoms with Gasteiger partial charge in [-0.3, -0.25) is 9.00 Å². The number of H-pyrrole nitrogens is 1. The van der Waals surface area contributed by atoms with Crippen LogP contribution >= 0.6 is 0 Å². The number of benzene rings is 2. The molecule has 0 aliphatic rings. The fourth-order valence-electron chi connectivity index (χ4n) is 2.11. The molecule has 1 unspecified atom stereocenters. The van der Waals surface area contributed by atoms with E-state index in [2.05, 4.69) is 9.97 Å². The number of para-hydroxylation sites is 1. The second-order valence-electron chi connectivity index (χ2n) is 4.58. The number of carbonyl (C=O) groups is 1. The molecule has 6 heteroatoms. The van der Waals surface area contributed by atoms with Gasteiger partial charge in [-0.25, -0.2) is 4.98 Å². The first-order valence-electron chi connectivity index (χ1n) is 6.36. The average molecular weight is 299 g/mol. The van der Waals surface area contributed by atoms with Crippen LogP contribution in [0.3, 0.4) is 0 Å². The minimum Gasteiger partial charge on any atom is -0.366 e. The van der Waals surface area contributed by atoms with E-state index in [0.717, 1.165) is 5.56 Å². The molecule has 0 saturated heterocycles. The molecule has 0 spiro atoms. The van der Waals surface area contributed by atoms with Crippen molar-refractivity contribution in [3.05, 3.63) is 59.7 Å². The van der Waals surface area contributed by atoms with Crippen molar-refractivity contribution in [3.8, 4) is 0 Å². The third kappa shape index (κ3) is 2.71. The van der Waals surface area contributed by atoms with Crippen molar-refractivity contribution in [2.24, 2.45) is 5.73 Å². The number of aromatic amines is 1. The lowest BCUT2D eigenvalue weighted by atomic mass is 10.2. The summed E-state index contributed by atoms with van der Waals surface area (Å²) in [6, 6.07) is 14.6. The van der Waals surface area contributed by atoms with E-state index in [0.29, 0.717) is 27.5 Å². The van der Waals surface area contributed by atoms with Crippen LogP contribution in [0.2, 0.25) is 0 Å². The van der Waals surface area contributed by atoms with Crippen LogP contribution in [0.15, 0.2) is 53.7 Å². The molecule has 0 saturated carbocycles. The number of rotatable bonds is 4. The van der Waals surface area contributed by atoms with Crippen LogP contribution in [0.5, 0.6) is 0 Å². The van der Waals surface area contributed by atoms with Gasteiger partial charge in [0.05, 0.1) is 27.6 Å². The number of nitrogens with two attached hydrogens (primary N) is 1. The number of carbonyl (C=O) groups excluding carboxylic acids is 1. The Morgan fingerprint density at radius 1 is 1.14 bits per heavy atom. The number of imidazole rings is 1. The lowest BCUT2D eigenvalue weighted by molar-refractivity contribution is 0.100. The molecule has 1 amide bonds. The van der Waals surface area contributed by atoms with Crippen molar-refractivity contribution in [2.75, 3.05) is 0 Å². The number of amides is 1. The highest BCUT2D eigenvalue weighted by molar-refractivity contribution is 7.84. The zero-order valence-electron chi connectivity index (χ0n) is 11.1. The van der Waals surface area contributed by atoms with Gasteiger partial charge in [0.1, 0.15) is 5.52 Å². The van der Waals surface area contributed by atoms with Crippen LogP contribution in [0.4, 0.5) is 0 Å². The highest BCUT2D eigenvalue weighted by Crippen LogP contribution is 2.19. The minimum absolute atomic E-state index is 0.326. The average Bonchev–Trinajstić information content (AvgIpc) is 2.92. The Balaban J connectivity index is 1.96. The van der Waals surface area contributed by atoms with Crippen LogP contribution in [0.1, 0.15) is 15.9 Å². The molecule has 0 aliphatic carbocycles. The Morgan fingerprint density at radius 2 is 1.90 bits per heavy atom. The van der Waals surface area contributed by atoms with Crippen molar-refractivity contribution in [1.29, 1.82) is 0 Å². The molecule has 0 radical (unpaired) electrons. The van der Waals surface area contributed by atoms with Crippen LogP contribution in [0.25, 0.3) is 11.0 Å². The van der Waals surface area contributed by atoms with Crippen molar-refractivity contribution in [3.63, 3.8) is 0 Å². The molecule has 3 rings (SSSR count). The van der Waals surface area contributed by atoms with Gasteiger partial charge in [0, 0.05) is 0 Å². The molecule has 0 bridgehead atoms. The third-order valence-corrected chi connectivity index (χ3v) is 4.33. The Morgan fingerprint density at radius 3 is 2.62 bits per heavy atom. The molecule has 3 N–H and O–H groups in total. The zero-order chi connectivity index (χ0) is 14.8. The Labute approximate surface area is 123 Å². The van der Waals surface area contributed by atoms with Gasteiger partial charge >= 0.3 is 0 Å². The number of primary amides is 1. The maximum atomic E-state index is 12.4. The summed E-state index contributed by atoms with van der Waals surface area (Å²) in [5, 5.41) is 0.350. The second-order valence-corrected chi connectivity index (χ2v) is 5.95. The van der Waals surface area contributed by atoms with Gasteiger partial charge < -0.3 is 10.7 Å². The quantitative estimate of drug-likeness (QED) is 0.772. The molecular weight excluding hydrogens is 286 g/mol. The number of nitrogens with zero attached hydrogens (tertiary/aromatic N) is 1. The molecule has 1 atom stereocenters. The first-order chi connectivity index (χ1) is 10.1. The fraction of sp³-hybridized carbons (Fsp3) is 0.0667. The van der Waals surface area contributed by atoms with Crippen LogP contribution < -0.4 is 5.73 Å². The first-order valence-corrected chi connectivity index (χ1v) is 7.68. The number of fused-ring (bicyclic) bond motifs is 1. The predicted octanol–water partition coefficient (Wildman–Crippen LogP) is 1.97. The van der Waals surface area contributed by atoms with E-state index < -0.39 is 16.7 Å². The molecule has 1 aromatic heterocycles. The largest absolute Gasteiger partial charge is 0.366 e. The van der Waals surface area contributed by atoms with Crippen molar-refractivity contribution in [1.82, 2.24) is 9.97 Å². The zero-order valence-corrected chi connectivity index (χ0v) is 11.9. The molecule has 2 aromatic carbocycles. The van der Waals surface area contributed by atoms with Crippen molar-refractivity contribution < 1.29 is 9.00 Å². The summed E-state index contributed by atoms with van der Waals surface area (Å²) in [5.41, 5.74) is 7.72. The van der Waals surface area contributed by atoms with Gasteiger partial charge in [0.2, 0.25) is 0 Å². The molecular formula is C15H13N3O2S. The van der Waals surface area contributed by atoms with E-state index in [4.69, 9.17) is 5.73 Å². The smallest absolute Gasteiger partial charge is 0.250 e. The highest BCUT2D eigenvalue weighted by atomic mass is 32.2. The predicted molar refractivity (Wildman–Crippen MR) is 81.2 cm³/mol. The summed E-state index contributed by atoms with van der Waals surface area (Å²) in [5.74, 6) is -0.181. The second kappa shape index (κ2) is 5.49. The standard InChI is InChI=1S/C15H13N3O2S/c16-14(19)11-7-4-8-12-13(11)18-15(17-12)21(20)9-10-5-2-1-3-6-10/h1-8H,9H2,(H2,16,19)(H,17,18). The van der Waals surface area contributed by atoms with E-state index in [9.17, 15) is 9.00 Å². The van der Waals surface area contributed by atoms with E-state index >= 15 is 0 Å². The Bertz CT molecular complexity index is 827. The first kappa shape index (κ1) is 13.5. The molecule has 0 aliphatic heterocycles. The SMILES string of the molecule is NC(=O)c1cccc2[nH]c(S(=O)Cc3ccccc3)nc12. The number of hydrogen-bond acceptors (Lipinski definition) is 3. The van der Waals surface area contributed by atoms with E-state index in [-0.39, 0.29) is 0 Å². The number of hydrogen-bond donors (Lipinski definition) is 2. The van der Waals surface area contributed by atoms with Crippen molar-refractivity contribution >= 4 is 27.7 Å². The van der Waals surface area contributed by atoms with E-state index in [1.165, 1.54) is 0 Å². The molecule has 1 heterocycles. The van der Waals surface area contributed by atoms with Gasteiger partial charge in [-0.1, -0.05) is 36.4 Å². The fourth-order valence-corrected chi connectivity index (χ4v) is 3.16. The van der Waals surface area contributed by atoms with Gasteiger partial charge in [-0.2, -0.15) is 0 Å². The van der Waals surface area contributed by atoms with Gasteiger partial charge in [0.15, 0.2) is 5.16 Å². The Kier molecular flexibility index (Phi) is 3.53. The molecule has 21 heavy (non-hydrogen) atoms. The normalized spacial score (nSPS) is 12.4. The lowest BCUT2D eigenvalue weighted by Gasteiger charge is -1.98. The maximum absolute atomic E-state index is 12.4. The summed E-state index contributed by atoms with van der Waals surface area (Å²) < 4.78 is 12.4. The third-order valence-electron chi connectivity index (χ3n) is 3.11. The maximum Gasteiger partial charge on any atom is 0.250 e. The molecule has 3 aromatic rings. The topological polar surface area (TPSA) is 88.8 Å². The number of nitrogens with one attached hydrogen (secondary N) is 1. The summed E-state index contributed by atoms with van der Waals surface area (Å²) in [4.78, 5) is 18.6. The summed E-state index contributed by atoms with van der Waals surface area (Å²) in [7, 11) is -1.31. The van der Waals surface area contributed by atoms with Crippen LogP contribution in [-0.2, 0) is 16.6 Å². The van der Waals surface area contributed by atoms with Crippen LogP contribution in [0, 0.1) is 0 Å². The molecule has 0 fully saturated rings. The Hall–Kier alpha value is -2.47. The summed E-state index contributed by atoms with van der Waals surface area (Å²) in [6.07, 6.45) is 0. The lowest BCUT2D eigenvalue weighted by Crippen LogP contribution is -2.11. The minimum atomic E-state index is -1.31. The van der Waals surface area contributed by atoms with Gasteiger partial charge in [-0.15, -0.1) is 0 Å². The molecule has 106 valence electrons. The van der Waals surface area contributed by atoms with Gasteiger partial charge in [0.25, 0.3) is 5.91 Å². The van der Waals surface area contributed by atoms with Gasteiger partial charge in [-0.05, 0) is 17.7 Å². The van der Waals surface area contributed by atoms with Crippen molar-refractivity contribution in [2.45, 2.75) is 10.9 Å². The van der Waals surface area contributed by atoms with E-state index in [1.54, 1.807) is 18.2 Å². The summed E-state index contributed by atoms with van der Waals surface area (Å²) >= 11 is 0. The van der Waals surface area contributed by atoms with Crippen LogP contribution in [-0.4, -0.2) is 20.1 Å².